The second-order valence-corrected chi connectivity index (χ2v) is 7.28. The van der Waals surface area contributed by atoms with Crippen LogP contribution in [0.25, 0.3) is 11.0 Å². The number of likely N-dealkylation sites (tertiary alicyclic amines) is 1. The summed E-state index contributed by atoms with van der Waals surface area (Å²) >= 11 is 0. The Kier molecular flexibility index (Phi) is 4.52. The predicted molar refractivity (Wildman–Crippen MR) is 106 cm³/mol. The molecule has 5 nitrogen and oxygen atoms in total. The molecule has 0 saturated carbocycles. The molecular formula is C22H23N3O2. The number of hydrogen-bond donors (Lipinski definition) is 0. The first kappa shape index (κ1) is 17.5. The van der Waals surface area contributed by atoms with Crippen LogP contribution in [0.4, 0.5) is 0 Å². The smallest absolute Gasteiger partial charge is 0.269 e. The molecule has 5 heteroatoms. The van der Waals surface area contributed by atoms with Crippen molar-refractivity contribution >= 4 is 16.9 Å². The topological polar surface area (TPSA) is 55.2 Å². The molecule has 138 valence electrons. The van der Waals surface area contributed by atoms with Crippen LogP contribution in [0.2, 0.25) is 0 Å². The minimum atomic E-state index is -0.246. The number of carbonyl (C=O) groups is 1. The van der Waals surface area contributed by atoms with Crippen molar-refractivity contribution in [1.29, 1.82) is 0 Å². The summed E-state index contributed by atoms with van der Waals surface area (Å²) in [5.74, 6) is -0.0168. The van der Waals surface area contributed by atoms with Gasteiger partial charge in [0.1, 0.15) is 6.54 Å². The molecule has 1 amide bonds. The van der Waals surface area contributed by atoms with Gasteiger partial charge in [0.2, 0.25) is 5.91 Å². The Labute approximate surface area is 158 Å². The van der Waals surface area contributed by atoms with E-state index in [1.54, 1.807) is 0 Å². The van der Waals surface area contributed by atoms with Crippen molar-refractivity contribution in [2.75, 3.05) is 6.54 Å². The summed E-state index contributed by atoms with van der Waals surface area (Å²) < 4.78 is 1.53. The molecule has 1 aliphatic rings. The minimum absolute atomic E-state index is 0.0168. The summed E-state index contributed by atoms with van der Waals surface area (Å²) in [5, 5.41) is 0. The maximum atomic E-state index is 13.1. The lowest BCUT2D eigenvalue weighted by Crippen LogP contribution is -2.36. The SMILES string of the molecule is Cc1ccc(C)c(C2CCCN2C(=O)Cn2c(=O)cnc3ccccc32)c1. The number of rotatable bonds is 3. The van der Waals surface area contributed by atoms with E-state index in [1.165, 1.54) is 27.5 Å². The summed E-state index contributed by atoms with van der Waals surface area (Å²) in [6, 6.07) is 13.9. The molecule has 1 unspecified atom stereocenters. The number of fused-ring (bicyclic) bond motifs is 1. The van der Waals surface area contributed by atoms with Crippen LogP contribution in [0.15, 0.2) is 53.5 Å². The lowest BCUT2D eigenvalue weighted by atomic mass is 9.97. The number of carbonyl (C=O) groups excluding carboxylic acids is 1. The minimum Gasteiger partial charge on any atom is -0.334 e. The number of aryl methyl sites for hydroxylation is 2. The van der Waals surface area contributed by atoms with Crippen LogP contribution in [0.1, 0.15) is 35.6 Å². The Hall–Kier alpha value is -2.95. The van der Waals surface area contributed by atoms with Crippen molar-refractivity contribution in [2.45, 2.75) is 39.3 Å². The van der Waals surface area contributed by atoms with Gasteiger partial charge >= 0.3 is 0 Å². The molecule has 1 saturated heterocycles. The fourth-order valence-electron chi connectivity index (χ4n) is 4.01. The van der Waals surface area contributed by atoms with E-state index in [2.05, 4.69) is 37.0 Å². The van der Waals surface area contributed by atoms with Gasteiger partial charge in [-0.1, -0.05) is 35.9 Å². The van der Waals surface area contributed by atoms with Crippen LogP contribution in [0, 0.1) is 13.8 Å². The molecule has 1 aliphatic heterocycles. The predicted octanol–water partition coefficient (Wildman–Crippen LogP) is 3.38. The monoisotopic (exact) mass is 361 g/mol. The average Bonchev–Trinajstić information content (AvgIpc) is 3.15. The Bertz CT molecular complexity index is 1070. The highest BCUT2D eigenvalue weighted by Crippen LogP contribution is 2.34. The van der Waals surface area contributed by atoms with E-state index in [-0.39, 0.29) is 24.1 Å². The fourth-order valence-corrected chi connectivity index (χ4v) is 4.01. The third-order valence-electron chi connectivity index (χ3n) is 5.41. The molecule has 0 aliphatic carbocycles. The summed E-state index contributed by atoms with van der Waals surface area (Å²) in [7, 11) is 0. The van der Waals surface area contributed by atoms with E-state index in [1.807, 2.05) is 29.2 Å². The Morgan fingerprint density at radius 3 is 2.85 bits per heavy atom. The summed E-state index contributed by atoms with van der Waals surface area (Å²) in [6.07, 6.45) is 3.24. The molecule has 2 heterocycles. The molecule has 27 heavy (non-hydrogen) atoms. The largest absolute Gasteiger partial charge is 0.334 e. The van der Waals surface area contributed by atoms with E-state index in [0.717, 1.165) is 24.9 Å². The highest BCUT2D eigenvalue weighted by atomic mass is 16.2. The third-order valence-corrected chi connectivity index (χ3v) is 5.41. The number of amides is 1. The zero-order valence-corrected chi connectivity index (χ0v) is 15.7. The molecule has 0 spiro atoms. The van der Waals surface area contributed by atoms with Gasteiger partial charge in [-0.05, 0) is 49.9 Å². The number of hydrogen-bond acceptors (Lipinski definition) is 3. The lowest BCUT2D eigenvalue weighted by Gasteiger charge is -2.27. The number of nitrogens with zero attached hydrogens (tertiary/aromatic N) is 3. The van der Waals surface area contributed by atoms with E-state index < -0.39 is 0 Å². The number of benzene rings is 2. The highest BCUT2D eigenvalue weighted by Gasteiger charge is 2.31. The van der Waals surface area contributed by atoms with Crippen LogP contribution < -0.4 is 5.56 Å². The van der Waals surface area contributed by atoms with Gasteiger partial charge in [-0.2, -0.15) is 0 Å². The van der Waals surface area contributed by atoms with Gasteiger partial charge in [0.15, 0.2) is 0 Å². The molecule has 1 aromatic heterocycles. The summed E-state index contributed by atoms with van der Waals surface area (Å²) in [6.45, 7) is 4.95. The third kappa shape index (κ3) is 3.25. The molecule has 2 aromatic carbocycles. The van der Waals surface area contributed by atoms with E-state index >= 15 is 0 Å². The van der Waals surface area contributed by atoms with Crippen molar-refractivity contribution in [3.05, 3.63) is 75.7 Å². The molecule has 1 fully saturated rings. The van der Waals surface area contributed by atoms with Crippen LogP contribution in [0.5, 0.6) is 0 Å². The fraction of sp³-hybridized carbons (Fsp3) is 0.318. The Morgan fingerprint density at radius 1 is 1.19 bits per heavy atom. The number of aromatic nitrogens is 2. The van der Waals surface area contributed by atoms with Crippen LogP contribution in [0.3, 0.4) is 0 Å². The standard InChI is InChI=1S/C22H23N3O2/c1-15-9-10-16(2)17(12-15)19-8-5-11-24(19)22(27)14-25-20-7-4-3-6-18(20)23-13-21(25)26/h3-4,6-7,9-10,12-13,19H,5,8,11,14H2,1-2H3. The first-order valence-electron chi connectivity index (χ1n) is 9.36. The molecule has 3 aromatic rings. The van der Waals surface area contributed by atoms with Crippen molar-refractivity contribution in [3.63, 3.8) is 0 Å². The van der Waals surface area contributed by atoms with Crippen LogP contribution >= 0.6 is 0 Å². The van der Waals surface area contributed by atoms with Gasteiger partial charge in [-0.3, -0.25) is 14.2 Å². The van der Waals surface area contributed by atoms with Gasteiger partial charge in [0.25, 0.3) is 5.56 Å². The van der Waals surface area contributed by atoms with E-state index in [4.69, 9.17) is 0 Å². The highest BCUT2D eigenvalue weighted by molar-refractivity contribution is 5.80. The first-order valence-corrected chi connectivity index (χ1v) is 9.36. The zero-order chi connectivity index (χ0) is 19.0. The second kappa shape index (κ2) is 6.99. The Balaban J connectivity index is 1.66. The quantitative estimate of drug-likeness (QED) is 0.719. The molecule has 0 N–H and O–H groups in total. The average molecular weight is 361 g/mol. The summed E-state index contributed by atoms with van der Waals surface area (Å²) in [4.78, 5) is 31.6. The van der Waals surface area contributed by atoms with Crippen molar-refractivity contribution in [3.8, 4) is 0 Å². The Morgan fingerprint density at radius 2 is 2.00 bits per heavy atom. The number of para-hydroxylation sites is 2. The molecule has 1 atom stereocenters. The molecular weight excluding hydrogens is 338 g/mol. The van der Waals surface area contributed by atoms with Gasteiger partial charge in [-0.15, -0.1) is 0 Å². The van der Waals surface area contributed by atoms with Gasteiger partial charge in [0, 0.05) is 6.54 Å². The van der Waals surface area contributed by atoms with E-state index in [9.17, 15) is 9.59 Å². The zero-order valence-electron chi connectivity index (χ0n) is 15.7. The van der Waals surface area contributed by atoms with Gasteiger partial charge in [0.05, 0.1) is 23.3 Å². The van der Waals surface area contributed by atoms with Gasteiger partial charge in [-0.25, -0.2) is 4.98 Å². The van der Waals surface area contributed by atoms with Crippen molar-refractivity contribution in [1.82, 2.24) is 14.5 Å². The maximum absolute atomic E-state index is 13.1. The van der Waals surface area contributed by atoms with E-state index in [0.29, 0.717) is 5.52 Å². The maximum Gasteiger partial charge on any atom is 0.269 e. The molecule has 4 rings (SSSR count). The van der Waals surface area contributed by atoms with Crippen LogP contribution in [-0.2, 0) is 11.3 Å². The van der Waals surface area contributed by atoms with Crippen molar-refractivity contribution in [2.24, 2.45) is 0 Å². The second-order valence-electron chi connectivity index (χ2n) is 7.28. The van der Waals surface area contributed by atoms with Crippen molar-refractivity contribution < 1.29 is 4.79 Å². The summed E-state index contributed by atoms with van der Waals surface area (Å²) in [5.41, 5.74) is 4.79. The normalized spacial score (nSPS) is 16.8. The molecule has 0 radical (unpaired) electrons. The van der Waals surface area contributed by atoms with Gasteiger partial charge < -0.3 is 4.90 Å². The first-order chi connectivity index (χ1) is 13.0. The van der Waals surface area contributed by atoms with Crippen LogP contribution in [-0.4, -0.2) is 26.9 Å². The molecule has 0 bridgehead atoms. The lowest BCUT2D eigenvalue weighted by molar-refractivity contribution is -0.132.